The highest BCUT2D eigenvalue weighted by molar-refractivity contribution is 5.95. The lowest BCUT2D eigenvalue weighted by Crippen LogP contribution is -2.38. The fraction of sp³-hybridized carbons (Fsp3) is 0.500. The Balaban J connectivity index is 2.87. The molecule has 3 nitrogen and oxygen atoms in total. The Hall–Kier alpha value is -1.65. The van der Waals surface area contributed by atoms with E-state index in [0.717, 1.165) is 18.9 Å². The van der Waals surface area contributed by atoms with Gasteiger partial charge in [0.1, 0.15) is 11.6 Å². The van der Waals surface area contributed by atoms with Crippen molar-refractivity contribution in [2.75, 3.05) is 5.73 Å². The molecule has 1 aromatic carbocycles. The van der Waals surface area contributed by atoms with Crippen molar-refractivity contribution < 1.29 is 13.6 Å². The van der Waals surface area contributed by atoms with Gasteiger partial charge in [0.2, 0.25) is 0 Å². The maximum absolute atomic E-state index is 13.5. The predicted molar refractivity (Wildman–Crippen MR) is 71.8 cm³/mol. The Morgan fingerprint density at radius 3 is 2.37 bits per heavy atom. The molecule has 19 heavy (non-hydrogen) atoms. The summed E-state index contributed by atoms with van der Waals surface area (Å²) in [5, 5.41) is 2.73. The smallest absolute Gasteiger partial charge is 0.254 e. The van der Waals surface area contributed by atoms with Crippen LogP contribution in [0.1, 0.15) is 44.0 Å². The van der Waals surface area contributed by atoms with E-state index in [4.69, 9.17) is 5.73 Å². The summed E-state index contributed by atoms with van der Waals surface area (Å²) in [5.41, 5.74) is 4.89. The van der Waals surface area contributed by atoms with Gasteiger partial charge < -0.3 is 11.1 Å². The van der Waals surface area contributed by atoms with Crippen LogP contribution >= 0.6 is 0 Å². The SMILES string of the molecule is CCC(CC)C(C)NC(=O)c1cc(N)c(F)cc1F. The molecule has 1 unspecified atom stereocenters. The lowest BCUT2D eigenvalue weighted by molar-refractivity contribution is 0.0921. The van der Waals surface area contributed by atoms with Crippen molar-refractivity contribution in [3.8, 4) is 0 Å². The summed E-state index contributed by atoms with van der Waals surface area (Å²) in [6.45, 7) is 5.95. The molecule has 1 atom stereocenters. The first-order valence-corrected chi connectivity index (χ1v) is 6.46. The van der Waals surface area contributed by atoms with E-state index in [1.165, 1.54) is 0 Å². The van der Waals surface area contributed by atoms with Gasteiger partial charge in [-0.15, -0.1) is 0 Å². The number of hydrogen-bond acceptors (Lipinski definition) is 2. The summed E-state index contributed by atoms with van der Waals surface area (Å²) >= 11 is 0. The largest absolute Gasteiger partial charge is 0.396 e. The molecule has 0 bridgehead atoms. The Morgan fingerprint density at radius 1 is 1.26 bits per heavy atom. The maximum Gasteiger partial charge on any atom is 0.254 e. The lowest BCUT2D eigenvalue weighted by Gasteiger charge is -2.22. The number of carbonyl (C=O) groups is 1. The third-order valence-corrected chi connectivity index (χ3v) is 3.45. The van der Waals surface area contributed by atoms with Crippen molar-refractivity contribution >= 4 is 11.6 Å². The van der Waals surface area contributed by atoms with Crippen molar-refractivity contribution in [2.24, 2.45) is 5.92 Å². The molecule has 0 aromatic heterocycles. The number of nitrogen functional groups attached to an aromatic ring is 1. The molecule has 1 amide bonds. The van der Waals surface area contributed by atoms with Crippen molar-refractivity contribution in [3.63, 3.8) is 0 Å². The zero-order valence-corrected chi connectivity index (χ0v) is 11.5. The van der Waals surface area contributed by atoms with Crippen LogP contribution in [0.15, 0.2) is 12.1 Å². The number of anilines is 1. The number of rotatable bonds is 5. The molecule has 0 heterocycles. The van der Waals surface area contributed by atoms with Gasteiger partial charge in [0.25, 0.3) is 5.91 Å². The summed E-state index contributed by atoms with van der Waals surface area (Å²) in [7, 11) is 0. The maximum atomic E-state index is 13.5. The minimum Gasteiger partial charge on any atom is -0.396 e. The fourth-order valence-electron chi connectivity index (χ4n) is 2.14. The van der Waals surface area contributed by atoms with Gasteiger partial charge in [-0.05, 0) is 18.9 Å². The zero-order chi connectivity index (χ0) is 14.6. The van der Waals surface area contributed by atoms with Crippen LogP contribution in [0, 0.1) is 17.6 Å². The minimum atomic E-state index is -0.902. The molecule has 0 radical (unpaired) electrons. The van der Waals surface area contributed by atoms with Gasteiger partial charge >= 0.3 is 0 Å². The molecule has 0 aliphatic heterocycles. The summed E-state index contributed by atoms with van der Waals surface area (Å²) in [6.07, 6.45) is 1.85. The van der Waals surface area contributed by atoms with E-state index in [2.05, 4.69) is 5.32 Å². The van der Waals surface area contributed by atoms with E-state index in [9.17, 15) is 13.6 Å². The first-order valence-electron chi connectivity index (χ1n) is 6.46. The van der Waals surface area contributed by atoms with E-state index in [0.29, 0.717) is 12.0 Å². The second-order valence-electron chi connectivity index (χ2n) is 4.69. The van der Waals surface area contributed by atoms with Gasteiger partial charge in [0, 0.05) is 12.1 Å². The number of benzene rings is 1. The zero-order valence-electron chi connectivity index (χ0n) is 11.5. The normalized spacial score (nSPS) is 12.5. The van der Waals surface area contributed by atoms with Crippen molar-refractivity contribution in [3.05, 3.63) is 29.3 Å². The summed E-state index contributed by atoms with van der Waals surface area (Å²) in [5.74, 6) is -2.00. The molecule has 1 aromatic rings. The Bertz CT molecular complexity index is 459. The van der Waals surface area contributed by atoms with E-state index >= 15 is 0 Å². The van der Waals surface area contributed by atoms with Gasteiger partial charge in [-0.1, -0.05) is 26.7 Å². The molecule has 0 spiro atoms. The Labute approximate surface area is 112 Å². The number of nitrogens with two attached hydrogens (primary N) is 1. The van der Waals surface area contributed by atoms with E-state index in [1.54, 1.807) is 0 Å². The molecule has 0 saturated heterocycles. The average molecular weight is 270 g/mol. The predicted octanol–water partition coefficient (Wildman–Crippen LogP) is 3.10. The van der Waals surface area contributed by atoms with Crippen molar-refractivity contribution in [1.29, 1.82) is 0 Å². The minimum absolute atomic E-state index is 0.0758. The molecule has 1 rings (SSSR count). The van der Waals surface area contributed by atoms with E-state index in [-0.39, 0.29) is 17.3 Å². The standard InChI is InChI=1S/C14H20F2N2O/c1-4-9(5-2)8(3)18-14(19)10-6-13(17)12(16)7-11(10)15/h6-9H,4-5,17H2,1-3H3,(H,18,19). The van der Waals surface area contributed by atoms with E-state index in [1.807, 2.05) is 20.8 Å². The molecule has 3 N–H and O–H groups in total. The molecule has 0 aliphatic rings. The number of carbonyl (C=O) groups excluding carboxylic acids is 1. The molecule has 0 saturated carbocycles. The Kier molecular flexibility index (Phi) is 5.27. The lowest BCUT2D eigenvalue weighted by atomic mass is 9.95. The first-order chi connectivity index (χ1) is 8.90. The molecule has 0 fully saturated rings. The third kappa shape index (κ3) is 3.66. The van der Waals surface area contributed by atoms with Crippen LogP contribution < -0.4 is 11.1 Å². The quantitative estimate of drug-likeness (QED) is 0.808. The number of halogens is 2. The van der Waals surface area contributed by atoms with Gasteiger partial charge in [0.05, 0.1) is 11.3 Å². The molecular weight excluding hydrogens is 250 g/mol. The molecule has 5 heteroatoms. The monoisotopic (exact) mass is 270 g/mol. The highest BCUT2D eigenvalue weighted by atomic mass is 19.1. The van der Waals surface area contributed by atoms with Crippen LogP contribution in [0.3, 0.4) is 0 Å². The van der Waals surface area contributed by atoms with Gasteiger partial charge in [-0.2, -0.15) is 0 Å². The van der Waals surface area contributed by atoms with E-state index < -0.39 is 17.5 Å². The summed E-state index contributed by atoms with van der Waals surface area (Å²) in [4.78, 5) is 11.9. The van der Waals surface area contributed by atoms with Crippen molar-refractivity contribution in [2.45, 2.75) is 39.7 Å². The van der Waals surface area contributed by atoms with Gasteiger partial charge in [0.15, 0.2) is 0 Å². The fourth-order valence-corrected chi connectivity index (χ4v) is 2.14. The van der Waals surface area contributed by atoms with Crippen LogP contribution in [0.4, 0.5) is 14.5 Å². The van der Waals surface area contributed by atoms with Crippen LogP contribution in [0.25, 0.3) is 0 Å². The van der Waals surface area contributed by atoms with Crippen LogP contribution in [-0.2, 0) is 0 Å². The third-order valence-electron chi connectivity index (χ3n) is 3.45. The van der Waals surface area contributed by atoms with Crippen LogP contribution in [0.5, 0.6) is 0 Å². The van der Waals surface area contributed by atoms with Gasteiger partial charge in [-0.25, -0.2) is 8.78 Å². The summed E-state index contributed by atoms with van der Waals surface area (Å²) < 4.78 is 26.6. The number of nitrogens with one attached hydrogen (secondary N) is 1. The summed E-state index contributed by atoms with van der Waals surface area (Å²) in [6, 6.07) is 1.58. The van der Waals surface area contributed by atoms with Crippen molar-refractivity contribution in [1.82, 2.24) is 5.32 Å². The molecule has 0 aliphatic carbocycles. The number of hydrogen-bond donors (Lipinski definition) is 2. The average Bonchev–Trinajstić information content (AvgIpc) is 2.35. The highest BCUT2D eigenvalue weighted by Crippen LogP contribution is 2.18. The molecular formula is C14H20F2N2O. The first kappa shape index (κ1) is 15.4. The Morgan fingerprint density at radius 2 is 1.84 bits per heavy atom. The van der Waals surface area contributed by atoms with Crippen LogP contribution in [0.2, 0.25) is 0 Å². The second kappa shape index (κ2) is 6.50. The molecule has 106 valence electrons. The second-order valence-corrected chi connectivity index (χ2v) is 4.69. The van der Waals surface area contributed by atoms with Gasteiger partial charge in [-0.3, -0.25) is 4.79 Å². The number of amides is 1. The van der Waals surface area contributed by atoms with Crippen LogP contribution in [-0.4, -0.2) is 11.9 Å². The highest BCUT2D eigenvalue weighted by Gasteiger charge is 2.20. The topological polar surface area (TPSA) is 55.1 Å².